The van der Waals surface area contributed by atoms with E-state index in [2.05, 4.69) is 16.7 Å². The average molecular weight is 126 g/mol. The molecule has 0 aliphatic rings. The van der Waals surface area contributed by atoms with Crippen LogP contribution in [0.5, 0.6) is 0 Å². The summed E-state index contributed by atoms with van der Waals surface area (Å²) in [5.74, 6) is 0.0625. The Hall–Kier alpha value is -1.12. The van der Waals surface area contributed by atoms with Gasteiger partial charge in [-0.1, -0.05) is 0 Å². The Morgan fingerprint density at radius 2 is 2.22 bits per heavy atom. The van der Waals surface area contributed by atoms with Gasteiger partial charge in [-0.15, -0.1) is 0 Å². The number of hydrogen-bond donors (Lipinski definition) is 1. The minimum atomic E-state index is 0.0625. The van der Waals surface area contributed by atoms with Crippen LogP contribution in [0.1, 0.15) is 6.92 Å². The van der Waals surface area contributed by atoms with Crippen LogP contribution in [0.25, 0.3) is 0 Å². The fourth-order valence-electron chi connectivity index (χ4n) is 0.297. The summed E-state index contributed by atoms with van der Waals surface area (Å²) >= 11 is 0. The lowest BCUT2D eigenvalue weighted by Crippen LogP contribution is -1.85. The van der Waals surface area contributed by atoms with Gasteiger partial charge in [0.05, 0.1) is 11.9 Å². The summed E-state index contributed by atoms with van der Waals surface area (Å²) in [6, 6.07) is 0. The largest absolute Gasteiger partial charge is 0.505 e. The van der Waals surface area contributed by atoms with Gasteiger partial charge >= 0.3 is 0 Å². The zero-order valence-corrected chi connectivity index (χ0v) is 5.63. The Morgan fingerprint density at radius 3 is 2.56 bits per heavy atom. The van der Waals surface area contributed by atoms with Gasteiger partial charge in [0, 0.05) is 7.05 Å². The van der Waals surface area contributed by atoms with Gasteiger partial charge in [0.1, 0.15) is 0 Å². The van der Waals surface area contributed by atoms with Crippen LogP contribution in [0.3, 0.4) is 0 Å². The highest BCUT2D eigenvalue weighted by Crippen LogP contribution is 1.96. The van der Waals surface area contributed by atoms with Crippen LogP contribution in [0.4, 0.5) is 0 Å². The number of aliphatic imine (C=N–C) groups is 2. The molecule has 3 nitrogen and oxygen atoms in total. The highest BCUT2D eigenvalue weighted by Gasteiger charge is 1.89. The van der Waals surface area contributed by atoms with Crippen molar-refractivity contribution in [1.82, 2.24) is 0 Å². The van der Waals surface area contributed by atoms with E-state index in [1.54, 1.807) is 14.0 Å². The fourth-order valence-corrected chi connectivity index (χ4v) is 0.297. The normalized spacial score (nSPS) is 13.6. The van der Waals surface area contributed by atoms with Crippen molar-refractivity contribution in [2.75, 3.05) is 7.05 Å². The minimum Gasteiger partial charge on any atom is -0.505 e. The summed E-state index contributed by atoms with van der Waals surface area (Å²) in [5, 5.41) is 8.91. The summed E-state index contributed by atoms with van der Waals surface area (Å²) in [6.45, 7) is 4.89. The van der Waals surface area contributed by atoms with Gasteiger partial charge in [-0.05, 0) is 13.6 Å². The highest BCUT2D eigenvalue weighted by atomic mass is 16.3. The maximum absolute atomic E-state index is 8.91. The first-order chi connectivity index (χ1) is 4.22. The van der Waals surface area contributed by atoms with Gasteiger partial charge < -0.3 is 5.11 Å². The van der Waals surface area contributed by atoms with E-state index in [0.717, 1.165) is 0 Å². The number of rotatable bonds is 2. The molecule has 0 fully saturated rings. The van der Waals surface area contributed by atoms with Gasteiger partial charge in [-0.3, -0.25) is 9.98 Å². The van der Waals surface area contributed by atoms with Crippen LogP contribution in [-0.4, -0.2) is 25.1 Å². The second-order valence-corrected chi connectivity index (χ2v) is 1.52. The quantitative estimate of drug-likeness (QED) is 0.438. The molecule has 50 valence electrons. The molecule has 1 N–H and O–H groups in total. The second kappa shape index (κ2) is 3.83. The minimum absolute atomic E-state index is 0.0625. The SMILES string of the molecule is C=N/C(C)=C(O)\C=N/C. The number of aliphatic hydroxyl groups excluding tert-OH is 1. The maximum atomic E-state index is 8.91. The molecule has 0 aromatic rings. The van der Waals surface area contributed by atoms with E-state index in [9.17, 15) is 0 Å². The maximum Gasteiger partial charge on any atom is 0.154 e. The van der Waals surface area contributed by atoms with Crippen LogP contribution in [0.15, 0.2) is 21.4 Å². The Morgan fingerprint density at radius 1 is 1.67 bits per heavy atom. The highest BCUT2D eigenvalue weighted by molar-refractivity contribution is 5.76. The van der Waals surface area contributed by atoms with Crippen molar-refractivity contribution in [2.24, 2.45) is 9.98 Å². The van der Waals surface area contributed by atoms with Gasteiger partial charge in [0.2, 0.25) is 0 Å². The predicted octanol–water partition coefficient (Wildman–Crippen LogP) is 1.18. The lowest BCUT2D eigenvalue weighted by molar-refractivity contribution is 0.439. The summed E-state index contributed by atoms with van der Waals surface area (Å²) in [6.07, 6.45) is 1.32. The Balaban J connectivity index is 4.27. The van der Waals surface area contributed by atoms with E-state index in [-0.39, 0.29) is 5.76 Å². The standard InChI is InChI=1S/C6H10N2O/c1-5(8-3)6(9)4-7-2/h4,9H,3H2,1-2H3/b6-5+,7-4-. The van der Waals surface area contributed by atoms with E-state index in [4.69, 9.17) is 5.11 Å². The zero-order valence-electron chi connectivity index (χ0n) is 5.63. The Labute approximate surface area is 54.5 Å². The molecule has 0 atom stereocenters. The van der Waals surface area contributed by atoms with E-state index < -0.39 is 0 Å². The fraction of sp³-hybridized carbons (Fsp3) is 0.333. The van der Waals surface area contributed by atoms with E-state index in [1.165, 1.54) is 6.21 Å². The molecule has 3 heteroatoms. The number of allylic oxidation sites excluding steroid dienone is 2. The first-order valence-corrected chi connectivity index (χ1v) is 2.51. The lowest BCUT2D eigenvalue weighted by Gasteiger charge is -1.90. The molecule has 0 aliphatic heterocycles. The van der Waals surface area contributed by atoms with Crippen molar-refractivity contribution in [3.63, 3.8) is 0 Å². The van der Waals surface area contributed by atoms with E-state index in [0.29, 0.717) is 5.70 Å². The summed E-state index contributed by atoms with van der Waals surface area (Å²) in [5.41, 5.74) is 0.487. The van der Waals surface area contributed by atoms with Crippen molar-refractivity contribution < 1.29 is 5.11 Å². The second-order valence-electron chi connectivity index (χ2n) is 1.52. The molecule has 9 heavy (non-hydrogen) atoms. The number of nitrogens with zero attached hydrogens (tertiary/aromatic N) is 2. The molecule has 0 bridgehead atoms. The molecular formula is C6H10N2O. The topological polar surface area (TPSA) is 45.0 Å². The van der Waals surface area contributed by atoms with Crippen molar-refractivity contribution in [1.29, 1.82) is 0 Å². The van der Waals surface area contributed by atoms with Crippen molar-refractivity contribution in [3.8, 4) is 0 Å². The molecule has 0 aromatic heterocycles. The van der Waals surface area contributed by atoms with E-state index >= 15 is 0 Å². The molecule has 0 heterocycles. The van der Waals surface area contributed by atoms with Crippen molar-refractivity contribution >= 4 is 12.9 Å². The monoisotopic (exact) mass is 126 g/mol. The van der Waals surface area contributed by atoms with Crippen molar-refractivity contribution in [3.05, 3.63) is 11.5 Å². The molecule has 0 spiro atoms. The van der Waals surface area contributed by atoms with Gasteiger partial charge in [0.25, 0.3) is 0 Å². The average Bonchev–Trinajstić information content (AvgIpc) is 1.87. The third-order valence-corrected chi connectivity index (χ3v) is 0.859. The molecular weight excluding hydrogens is 116 g/mol. The molecule has 0 amide bonds. The van der Waals surface area contributed by atoms with Gasteiger partial charge in [0.15, 0.2) is 5.76 Å². The van der Waals surface area contributed by atoms with Crippen molar-refractivity contribution in [2.45, 2.75) is 6.92 Å². The van der Waals surface area contributed by atoms with Crippen LogP contribution >= 0.6 is 0 Å². The molecule has 0 aromatic carbocycles. The first kappa shape index (κ1) is 7.88. The van der Waals surface area contributed by atoms with Crippen LogP contribution in [0.2, 0.25) is 0 Å². The number of hydrogen-bond acceptors (Lipinski definition) is 3. The Bertz CT molecular complexity index is 158. The number of aliphatic hydroxyl groups is 1. The van der Waals surface area contributed by atoms with Gasteiger partial charge in [-0.25, -0.2) is 0 Å². The Kier molecular flexibility index (Phi) is 3.35. The molecule has 0 aliphatic carbocycles. The zero-order chi connectivity index (χ0) is 7.28. The summed E-state index contributed by atoms with van der Waals surface area (Å²) < 4.78 is 0. The third kappa shape index (κ3) is 2.64. The van der Waals surface area contributed by atoms with Crippen LogP contribution in [-0.2, 0) is 0 Å². The molecule has 0 rings (SSSR count). The third-order valence-electron chi connectivity index (χ3n) is 0.859. The molecule has 0 unspecified atom stereocenters. The summed E-state index contributed by atoms with van der Waals surface area (Å²) in [7, 11) is 1.58. The predicted molar refractivity (Wildman–Crippen MR) is 39.3 cm³/mol. The van der Waals surface area contributed by atoms with E-state index in [1.807, 2.05) is 0 Å². The first-order valence-electron chi connectivity index (χ1n) is 2.51. The van der Waals surface area contributed by atoms with Crippen LogP contribution in [0, 0.1) is 0 Å². The molecule has 0 saturated heterocycles. The van der Waals surface area contributed by atoms with Gasteiger partial charge in [-0.2, -0.15) is 0 Å². The molecule has 0 radical (unpaired) electrons. The van der Waals surface area contributed by atoms with Crippen LogP contribution < -0.4 is 0 Å². The summed E-state index contributed by atoms with van der Waals surface area (Å²) in [4.78, 5) is 7.08. The molecule has 0 saturated carbocycles. The lowest BCUT2D eigenvalue weighted by atomic mass is 10.4. The smallest absolute Gasteiger partial charge is 0.154 e.